The van der Waals surface area contributed by atoms with Gasteiger partial charge in [0, 0.05) is 29.6 Å². The molecule has 1 aromatic heterocycles. The van der Waals surface area contributed by atoms with Gasteiger partial charge in [0.15, 0.2) is 0 Å². The lowest BCUT2D eigenvalue weighted by molar-refractivity contribution is -0.120. The fraction of sp³-hybridized carbons (Fsp3) is 0.171. The van der Waals surface area contributed by atoms with Crippen molar-refractivity contribution in [3.8, 4) is 5.75 Å². The number of hydrogen-bond donors (Lipinski definition) is 2. The Bertz CT molecular complexity index is 1900. The summed E-state index contributed by atoms with van der Waals surface area (Å²) in [6, 6.07) is 26.4. The first-order valence-electron chi connectivity index (χ1n) is 14.5. The fourth-order valence-corrected chi connectivity index (χ4v) is 6.36. The average Bonchev–Trinajstić information content (AvgIpc) is 3.54. The quantitative estimate of drug-likeness (QED) is 0.236. The first-order valence-corrected chi connectivity index (χ1v) is 14.5. The summed E-state index contributed by atoms with van der Waals surface area (Å²) in [5.74, 6) is -0.424. The van der Waals surface area contributed by atoms with Gasteiger partial charge in [-0.1, -0.05) is 54.6 Å². The van der Waals surface area contributed by atoms with E-state index in [1.54, 1.807) is 48.4 Å². The molecule has 2 N–H and O–H groups in total. The normalized spacial score (nSPS) is 17.5. The van der Waals surface area contributed by atoms with Gasteiger partial charge in [0.25, 0.3) is 11.8 Å². The number of methoxy groups -OCH3 is 1. The molecule has 0 bridgehead atoms. The van der Waals surface area contributed by atoms with Crippen molar-refractivity contribution in [2.24, 2.45) is 0 Å². The average molecular weight is 589 g/mol. The third kappa shape index (κ3) is 4.57. The summed E-state index contributed by atoms with van der Waals surface area (Å²) in [5.41, 5.74) is 4.97. The number of aromatic nitrogens is 1. The van der Waals surface area contributed by atoms with Crippen molar-refractivity contribution in [1.82, 2.24) is 15.2 Å². The predicted molar refractivity (Wildman–Crippen MR) is 164 cm³/mol. The molecule has 0 saturated carbocycles. The molecule has 2 aliphatic heterocycles. The molecule has 1 saturated heterocycles. The van der Waals surface area contributed by atoms with Gasteiger partial charge in [-0.15, -0.1) is 0 Å². The number of hydrogen-bond acceptors (Lipinski definition) is 4. The van der Waals surface area contributed by atoms with E-state index in [0.717, 1.165) is 38.2 Å². The van der Waals surface area contributed by atoms with Gasteiger partial charge in [-0.25, -0.2) is 14.1 Å². The molecule has 3 heterocycles. The van der Waals surface area contributed by atoms with Crippen LogP contribution in [-0.4, -0.2) is 47.4 Å². The topological polar surface area (TPSA) is 94.7 Å². The number of carbonyl (C=O) groups is 3. The Morgan fingerprint density at radius 3 is 2.45 bits per heavy atom. The maximum absolute atomic E-state index is 14.3. The van der Waals surface area contributed by atoms with E-state index in [-0.39, 0.29) is 23.0 Å². The summed E-state index contributed by atoms with van der Waals surface area (Å²) >= 11 is 0. The van der Waals surface area contributed by atoms with Gasteiger partial charge >= 0.3 is 6.03 Å². The number of amides is 4. The van der Waals surface area contributed by atoms with Crippen LogP contribution in [0.1, 0.15) is 38.8 Å². The molecule has 1 fully saturated rings. The molecule has 2 atom stereocenters. The highest BCUT2D eigenvalue weighted by Gasteiger charge is 2.53. The largest absolute Gasteiger partial charge is 0.497 e. The second-order valence-electron chi connectivity index (χ2n) is 11.0. The van der Waals surface area contributed by atoms with Crippen LogP contribution < -0.4 is 15.0 Å². The number of aromatic amines is 1. The lowest BCUT2D eigenvalue weighted by Gasteiger charge is -2.36. The van der Waals surface area contributed by atoms with E-state index in [1.165, 1.54) is 12.1 Å². The molecule has 5 aromatic rings. The van der Waals surface area contributed by atoms with Crippen molar-refractivity contribution < 1.29 is 23.5 Å². The minimum atomic E-state index is -0.754. The molecule has 0 aliphatic carbocycles. The second-order valence-corrected chi connectivity index (χ2v) is 11.0. The van der Waals surface area contributed by atoms with Crippen LogP contribution >= 0.6 is 0 Å². The Morgan fingerprint density at radius 2 is 1.68 bits per heavy atom. The van der Waals surface area contributed by atoms with Gasteiger partial charge in [-0.2, -0.15) is 0 Å². The Balaban J connectivity index is 1.23. The van der Waals surface area contributed by atoms with Crippen LogP contribution in [0.5, 0.6) is 5.75 Å². The van der Waals surface area contributed by atoms with Crippen LogP contribution in [0.4, 0.5) is 14.9 Å². The summed E-state index contributed by atoms with van der Waals surface area (Å²) < 4.78 is 18.6. The number of nitrogens with zero attached hydrogens (tertiary/aromatic N) is 2. The van der Waals surface area contributed by atoms with E-state index in [4.69, 9.17) is 4.74 Å². The minimum Gasteiger partial charge on any atom is -0.497 e. The Morgan fingerprint density at radius 1 is 0.955 bits per heavy atom. The number of nitrogens with one attached hydrogen (secondary N) is 2. The Kier molecular flexibility index (Phi) is 6.85. The maximum atomic E-state index is 14.3. The summed E-state index contributed by atoms with van der Waals surface area (Å²) in [4.78, 5) is 48.2. The van der Waals surface area contributed by atoms with E-state index in [2.05, 4.69) is 10.3 Å². The lowest BCUT2D eigenvalue weighted by Crippen LogP contribution is -2.44. The van der Waals surface area contributed by atoms with Crippen LogP contribution in [-0.2, 0) is 17.6 Å². The molecule has 0 spiro atoms. The number of ether oxygens (including phenoxy) is 1. The first kappa shape index (κ1) is 27.4. The van der Waals surface area contributed by atoms with Crippen LogP contribution in [0.15, 0.2) is 97.1 Å². The third-order valence-electron chi connectivity index (χ3n) is 8.48. The number of para-hydroxylation sites is 2. The molecule has 4 amide bonds. The number of fused-ring (bicyclic) bond motifs is 4. The summed E-state index contributed by atoms with van der Waals surface area (Å²) in [6.07, 6.45) is 0.847. The van der Waals surface area contributed by atoms with Crippen molar-refractivity contribution in [3.63, 3.8) is 0 Å². The smallest absolute Gasteiger partial charge is 0.332 e. The zero-order valence-electron chi connectivity index (χ0n) is 23.9. The highest BCUT2D eigenvalue weighted by atomic mass is 19.1. The standard InChI is InChI=1S/C35H29FN4O4/c1-44-24-16-12-22(13-17-24)32-31-27(25-6-2-4-8-28(25)38-31)20-30-34(42)40(35(43)39(30)32)29-9-5-3-7-26(29)33(41)37-19-18-21-10-14-23(36)15-11-21/h2-17,30,32,38H,18-20H2,1H3,(H,37,41)/t30-,32-/m0/s1. The maximum Gasteiger partial charge on any atom is 0.332 e. The van der Waals surface area contributed by atoms with E-state index >= 15 is 0 Å². The van der Waals surface area contributed by atoms with E-state index in [0.29, 0.717) is 25.1 Å². The molecule has 220 valence electrons. The number of anilines is 1. The van der Waals surface area contributed by atoms with Crippen molar-refractivity contribution in [2.45, 2.75) is 24.9 Å². The molecule has 0 radical (unpaired) electrons. The monoisotopic (exact) mass is 588 g/mol. The van der Waals surface area contributed by atoms with Crippen molar-refractivity contribution >= 4 is 34.4 Å². The number of benzene rings is 4. The predicted octanol–water partition coefficient (Wildman–Crippen LogP) is 5.77. The summed E-state index contributed by atoms with van der Waals surface area (Å²) in [5, 5.41) is 3.90. The number of H-pyrrole nitrogens is 1. The second kappa shape index (κ2) is 11.0. The molecule has 9 heteroatoms. The van der Waals surface area contributed by atoms with E-state index in [1.807, 2.05) is 48.5 Å². The molecule has 7 rings (SSSR count). The highest BCUT2D eigenvalue weighted by Crippen LogP contribution is 2.45. The highest BCUT2D eigenvalue weighted by molar-refractivity contribution is 6.24. The van der Waals surface area contributed by atoms with Crippen molar-refractivity contribution in [2.75, 3.05) is 18.6 Å². The Hall–Kier alpha value is -5.44. The fourth-order valence-electron chi connectivity index (χ4n) is 6.36. The summed E-state index contributed by atoms with van der Waals surface area (Å²) in [7, 11) is 1.60. The first-order chi connectivity index (χ1) is 21.4. The number of rotatable bonds is 7. The number of carbonyl (C=O) groups excluding carboxylic acids is 3. The van der Waals surface area contributed by atoms with Gasteiger partial charge in [-0.3, -0.25) is 14.5 Å². The molecule has 4 aromatic carbocycles. The number of imide groups is 1. The third-order valence-corrected chi connectivity index (χ3v) is 8.48. The van der Waals surface area contributed by atoms with Crippen molar-refractivity contribution in [3.05, 3.63) is 131 Å². The number of urea groups is 1. The lowest BCUT2D eigenvalue weighted by atomic mass is 9.89. The molecule has 44 heavy (non-hydrogen) atoms. The molecule has 8 nitrogen and oxygen atoms in total. The van der Waals surface area contributed by atoms with Gasteiger partial charge < -0.3 is 15.0 Å². The Labute approximate surface area is 253 Å². The van der Waals surface area contributed by atoms with E-state index < -0.39 is 24.0 Å². The van der Waals surface area contributed by atoms with Gasteiger partial charge in [0.05, 0.1) is 18.4 Å². The molecule has 2 aliphatic rings. The van der Waals surface area contributed by atoms with Crippen LogP contribution in [0.25, 0.3) is 10.9 Å². The van der Waals surface area contributed by atoms with Gasteiger partial charge in [0.1, 0.15) is 23.7 Å². The number of halogens is 1. The molecular weight excluding hydrogens is 559 g/mol. The van der Waals surface area contributed by atoms with Crippen molar-refractivity contribution in [1.29, 1.82) is 0 Å². The molecular formula is C35H29FN4O4. The van der Waals surface area contributed by atoms with E-state index in [9.17, 15) is 18.8 Å². The minimum absolute atomic E-state index is 0.220. The SMILES string of the molecule is COc1ccc([C@H]2c3[nH]c4ccccc4c3C[C@H]3C(=O)N(c4ccccc4C(=O)NCCc4ccc(F)cc4)C(=O)N23)cc1. The summed E-state index contributed by atoms with van der Waals surface area (Å²) in [6.45, 7) is 0.302. The molecule has 0 unspecified atom stereocenters. The van der Waals surface area contributed by atoms with Crippen LogP contribution in [0.2, 0.25) is 0 Å². The zero-order valence-corrected chi connectivity index (χ0v) is 23.9. The van der Waals surface area contributed by atoms with Crippen LogP contribution in [0.3, 0.4) is 0 Å². The van der Waals surface area contributed by atoms with Gasteiger partial charge in [0.2, 0.25) is 0 Å². The zero-order chi connectivity index (χ0) is 30.4. The van der Waals surface area contributed by atoms with Crippen LogP contribution in [0, 0.1) is 5.82 Å². The van der Waals surface area contributed by atoms with Gasteiger partial charge in [-0.05, 0) is 65.6 Å².